The van der Waals surface area contributed by atoms with Gasteiger partial charge in [-0.2, -0.15) is 0 Å². The minimum Gasteiger partial charge on any atom is -0.497 e. The van der Waals surface area contributed by atoms with Gasteiger partial charge in [-0.05, 0) is 48.9 Å². The van der Waals surface area contributed by atoms with Crippen molar-refractivity contribution in [3.05, 3.63) is 90.0 Å². The average Bonchev–Trinajstić information content (AvgIpc) is 2.79. The molecule has 0 saturated heterocycles. The highest BCUT2D eigenvalue weighted by molar-refractivity contribution is 6.08. The third kappa shape index (κ3) is 5.61. The summed E-state index contributed by atoms with van der Waals surface area (Å²) in [6, 6.07) is 23.8. The van der Waals surface area contributed by atoms with Gasteiger partial charge in [-0.15, -0.1) is 0 Å². The second-order valence-corrected chi connectivity index (χ2v) is 6.78. The highest BCUT2D eigenvalue weighted by Crippen LogP contribution is 2.19. The highest BCUT2D eigenvalue weighted by Gasteiger charge is 2.13. The maximum absolute atomic E-state index is 12.7. The monoisotopic (exact) mass is 403 g/mol. The zero-order valence-electron chi connectivity index (χ0n) is 17.0. The molecule has 3 N–H and O–H groups in total. The van der Waals surface area contributed by atoms with Crippen LogP contribution in [-0.2, 0) is 4.79 Å². The molecule has 6 nitrogen and oxygen atoms in total. The van der Waals surface area contributed by atoms with E-state index in [1.165, 1.54) is 0 Å². The molecule has 0 heterocycles. The number of nitrogens with one attached hydrogen (secondary N) is 3. The Balaban J connectivity index is 1.60. The molecule has 6 heteroatoms. The molecule has 1 atom stereocenters. The standard InChI is InChI=1S/C24H25N3O3/c1-17(18-8-4-3-5-9-18)26-23(28)16-25-22-11-7-6-10-21(22)24(29)27-19-12-14-20(30-2)15-13-19/h3-15,17,25H,16H2,1-2H3,(H,26,28)(H,27,29)/t17-/m0/s1. The molecule has 0 aliphatic rings. The van der Waals surface area contributed by atoms with Crippen LogP contribution in [0.2, 0.25) is 0 Å². The average molecular weight is 403 g/mol. The van der Waals surface area contributed by atoms with Crippen LogP contribution in [-0.4, -0.2) is 25.5 Å². The second kappa shape index (κ2) is 10.1. The summed E-state index contributed by atoms with van der Waals surface area (Å²) in [5.74, 6) is 0.295. The molecule has 0 aliphatic heterocycles. The smallest absolute Gasteiger partial charge is 0.257 e. The van der Waals surface area contributed by atoms with E-state index in [9.17, 15) is 9.59 Å². The molecule has 3 rings (SSSR count). The third-order valence-corrected chi connectivity index (χ3v) is 4.64. The summed E-state index contributed by atoms with van der Waals surface area (Å²) in [5, 5.41) is 8.87. The largest absolute Gasteiger partial charge is 0.497 e. The molecule has 2 amide bonds. The fourth-order valence-corrected chi connectivity index (χ4v) is 3.00. The number of benzene rings is 3. The molecule has 0 aliphatic carbocycles. The quantitative estimate of drug-likeness (QED) is 0.526. The fourth-order valence-electron chi connectivity index (χ4n) is 3.00. The van der Waals surface area contributed by atoms with E-state index in [-0.39, 0.29) is 24.4 Å². The van der Waals surface area contributed by atoms with E-state index in [4.69, 9.17) is 4.74 Å². The Labute approximate surface area is 176 Å². The minimum absolute atomic E-state index is 0.0595. The first-order valence-corrected chi connectivity index (χ1v) is 9.69. The van der Waals surface area contributed by atoms with Crippen molar-refractivity contribution in [1.29, 1.82) is 0 Å². The molecule has 30 heavy (non-hydrogen) atoms. The van der Waals surface area contributed by atoms with Crippen LogP contribution in [0.25, 0.3) is 0 Å². The number of anilines is 2. The van der Waals surface area contributed by atoms with Crippen LogP contribution < -0.4 is 20.7 Å². The molecular formula is C24H25N3O3. The summed E-state index contributed by atoms with van der Waals surface area (Å²) in [4.78, 5) is 25.1. The molecule has 0 unspecified atom stereocenters. The van der Waals surface area contributed by atoms with Gasteiger partial charge < -0.3 is 20.7 Å². The summed E-state index contributed by atoms with van der Waals surface area (Å²) in [7, 11) is 1.59. The number of rotatable bonds is 8. The topological polar surface area (TPSA) is 79.5 Å². The lowest BCUT2D eigenvalue weighted by Gasteiger charge is -2.16. The van der Waals surface area contributed by atoms with E-state index in [1.807, 2.05) is 43.3 Å². The number of ether oxygens (including phenoxy) is 1. The van der Waals surface area contributed by atoms with Crippen molar-refractivity contribution in [2.45, 2.75) is 13.0 Å². The molecule has 3 aromatic carbocycles. The van der Waals surface area contributed by atoms with Crippen molar-refractivity contribution in [3.63, 3.8) is 0 Å². The van der Waals surface area contributed by atoms with E-state index < -0.39 is 0 Å². The van der Waals surface area contributed by atoms with E-state index in [0.717, 1.165) is 5.56 Å². The summed E-state index contributed by atoms with van der Waals surface area (Å²) in [6.07, 6.45) is 0. The predicted octanol–water partition coefficient (Wildman–Crippen LogP) is 4.24. The molecule has 0 fully saturated rings. The molecule has 0 radical (unpaired) electrons. The predicted molar refractivity (Wildman–Crippen MR) is 119 cm³/mol. The zero-order valence-corrected chi connectivity index (χ0v) is 17.0. The number of hydrogen-bond donors (Lipinski definition) is 3. The summed E-state index contributed by atoms with van der Waals surface area (Å²) in [6.45, 7) is 1.99. The Morgan fingerprint density at radius 2 is 1.57 bits per heavy atom. The van der Waals surface area contributed by atoms with Gasteiger partial charge in [0.2, 0.25) is 5.91 Å². The van der Waals surface area contributed by atoms with E-state index in [2.05, 4.69) is 16.0 Å². The van der Waals surface area contributed by atoms with Gasteiger partial charge in [0.15, 0.2) is 0 Å². The zero-order chi connectivity index (χ0) is 21.3. The van der Waals surface area contributed by atoms with Gasteiger partial charge in [0.1, 0.15) is 5.75 Å². The van der Waals surface area contributed by atoms with Crippen molar-refractivity contribution in [2.75, 3.05) is 24.3 Å². The van der Waals surface area contributed by atoms with Crippen LogP contribution in [0.5, 0.6) is 5.75 Å². The normalized spacial score (nSPS) is 11.3. The first-order valence-electron chi connectivity index (χ1n) is 9.69. The van der Waals surface area contributed by atoms with Gasteiger partial charge in [0, 0.05) is 11.4 Å². The van der Waals surface area contributed by atoms with Gasteiger partial charge in [0.05, 0.1) is 25.3 Å². The Bertz CT molecular complexity index is 988. The van der Waals surface area contributed by atoms with Crippen molar-refractivity contribution in [3.8, 4) is 5.75 Å². The van der Waals surface area contributed by atoms with Gasteiger partial charge in [-0.1, -0.05) is 42.5 Å². The number of carbonyl (C=O) groups is 2. The van der Waals surface area contributed by atoms with Gasteiger partial charge >= 0.3 is 0 Å². The number of methoxy groups -OCH3 is 1. The number of para-hydroxylation sites is 1. The van der Waals surface area contributed by atoms with Crippen LogP contribution in [0.1, 0.15) is 28.9 Å². The third-order valence-electron chi connectivity index (χ3n) is 4.64. The molecule has 154 valence electrons. The highest BCUT2D eigenvalue weighted by atomic mass is 16.5. The van der Waals surface area contributed by atoms with Crippen molar-refractivity contribution < 1.29 is 14.3 Å². The molecule has 0 spiro atoms. The molecule has 0 bridgehead atoms. The Morgan fingerprint density at radius 3 is 2.27 bits per heavy atom. The van der Waals surface area contributed by atoms with Crippen molar-refractivity contribution in [1.82, 2.24) is 5.32 Å². The van der Waals surface area contributed by atoms with Crippen LogP contribution >= 0.6 is 0 Å². The van der Waals surface area contributed by atoms with Gasteiger partial charge in [-0.3, -0.25) is 9.59 Å². The fraction of sp³-hybridized carbons (Fsp3) is 0.167. The molecule has 3 aromatic rings. The lowest BCUT2D eigenvalue weighted by molar-refractivity contribution is -0.120. The number of hydrogen-bond acceptors (Lipinski definition) is 4. The maximum Gasteiger partial charge on any atom is 0.257 e. The molecular weight excluding hydrogens is 378 g/mol. The Hall–Kier alpha value is -3.80. The Morgan fingerprint density at radius 1 is 0.900 bits per heavy atom. The molecule has 0 saturated carbocycles. The van der Waals surface area contributed by atoms with Gasteiger partial charge in [-0.25, -0.2) is 0 Å². The van der Waals surface area contributed by atoms with Gasteiger partial charge in [0.25, 0.3) is 5.91 Å². The van der Waals surface area contributed by atoms with Crippen molar-refractivity contribution >= 4 is 23.2 Å². The van der Waals surface area contributed by atoms with Crippen LogP contribution in [0, 0.1) is 0 Å². The van der Waals surface area contributed by atoms with Crippen molar-refractivity contribution in [2.24, 2.45) is 0 Å². The first-order chi connectivity index (χ1) is 14.6. The second-order valence-electron chi connectivity index (χ2n) is 6.78. The van der Waals surface area contributed by atoms with E-state index in [1.54, 1.807) is 49.6 Å². The first kappa shape index (κ1) is 20.9. The van der Waals surface area contributed by atoms with E-state index in [0.29, 0.717) is 22.7 Å². The van der Waals surface area contributed by atoms with E-state index >= 15 is 0 Å². The Kier molecular flexibility index (Phi) is 7.05. The van der Waals surface area contributed by atoms with Crippen LogP contribution in [0.4, 0.5) is 11.4 Å². The maximum atomic E-state index is 12.7. The minimum atomic E-state index is -0.263. The number of carbonyl (C=O) groups excluding carboxylic acids is 2. The summed E-state index contributed by atoms with van der Waals surface area (Å²) >= 11 is 0. The summed E-state index contributed by atoms with van der Waals surface area (Å²) in [5.41, 5.74) is 2.73. The lowest BCUT2D eigenvalue weighted by Crippen LogP contribution is -2.32. The lowest BCUT2D eigenvalue weighted by atomic mass is 10.1. The molecule has 0 aromatic heterocycles. The SMILES string of the molecule is COc1ccc(NC(=O)c2ccccc2NCC(=O)N[C@@H](C)c2ccccc2)cc1. The number of amides is 2. The van der Waals surface area contributed by atoms with Crippen LogP contribution in [0.15, 0.2) is 78.9 Å². The van der Waals surface area contributed by atoms with Crippen LogP contribution in [0.3, 0.4) is 0 Å². The summed E-state index contributed by atoms with van der Waals surface area (Å²) < 4.78 is 5.13.